The fourth-order valence-corrected chi connectivity index (χ4v) is 2.90. The van der Waals surface area contributed by atoms with E-state index in [-0.39, 0.29) is 21.7 Å². The summed E-state index contributed by atoms with van der Waals surface area (Å²) in [5, 5.41) is 0. The van der Waals surface area contributed by atoms with E-state index < -0.39 is 0 Å². The van der Waals surface area contributed by atoms with Crippen LogP contribution in [-0.4, -0.2) is 0 Å². The van der Waals surface area contributed by atoms with E-state index in [1.807, 2.05) is 0 Å². The van der Waals surface area contributed by atoms with Gasteiger partial charge < -0.3 is 13.0 Å². The standard InChI is InChI=1S/C12H22.2C5H10.Ti/c1-4-7-9-11-12(6-3)10-8-5-2;2*1-2-4-5-3-1;/h3-10H2,1-2H3;2*1-5H2;/q-2;;;+4. The minimum atomic E-state index is 0. The molecule has 2 fully saturated rings. The third-order valence-electron chi connectivity index (χ3n) is 4.54. The van der Waals surface area contributed by atoms with E-state index >= 15 is 0 Å². The van der Waals surface area contributed by atoms with Gasteiger partial charge in [-0.25, -0.2) is 0 Å². The van der Waals surface area contributed by atoms with Crippen molar-refractivity contribution in [1.82, 2.24) is 0 Å². The van der Waals surface area contributed by atoms with Crippen molar-refractivity contribution < 1.29 is 21.7 Å². The smallest absolute Gasteiger partial charge is 0.500 e. The topological polar surface area (TPSA) is 0 Å². The Kier molecular flexibility index (Phi) is 25.1. The van der Waals surface area contributed by atoms with Crippen LogP contribution in [0.25, 0.3) is 0 Å². The van der Waals surface area contributed by atoms with Crippen LogP contribution in [0.2, 0.25) is 0 Å². The summed E-state index contributed by atoms with van der Waals surface area (Å²) in [7, 11) is 0. The molecule has 0 saturated heterocycles. The van der Waals surface area contributed by atoms with Gasteiger partial charge in [-0.15, -0.1) is 0 Å². The predicted octanol–water partition coefficient (Wildman–Crippen LogP) is 8.22. The molecular formula is C22H42Ti+2. The SMILES string of the molecule is C1CCCC1.C1CCCC1.[CH2-]CC(=[C-]CCCC)CCCC.[Ti+4]. The largest absolute Gasteiger partial charge is 4.00 e. The van der Waals surface area contributed by atoms with Gasteiger partial charge in [0, 0.05) is 0 Å². The van der Waals surface area contributed by atoms with Gasteiger partial charge in [-0.2, -0.15) is 12.8 Å². The van der Waals surface area contributed by atoms with Gasteiger partial charge in [0.25, 0.3) is 0 Å². The first-order chi connectivity index (χ1) is 10.8. The molecule has 1 heteroatoms. The Morgan fingerprint density at radius 2 is 1.13 bits per heavy atom. The molecule has 0 N–H and O–H groups in total. The van der Waals surface area contributed by atoms with Gasteiger partial charge in [0.05, 0.1) is 0 Å². The predicted molar refractivity (Wildman–Crippen MR) is 102 cm³/mol. The van der Waals surface area contributed by atoms with Crippen LogP contribution in [0.1, 0.15) is 123 Å². The Bertz CT molecular complexity index is 199. The molecule has 2 aliphatic rings. The fourth-order valence-electron chi connectivity index (χ4n) is 2.90. The Morgan fingerprint density at radius 1 is 0.739 bits per heavy atom. The summed E-state index contributed by atoms with van der Waals surface area (Å²) in [6.07, 6.45) is 26.9. The Hall–Kier alpha value is 0.454. The molecule has 0 atom stereocenters. The van der Waals surface area contributed by atoms with E-state index in [2.05, 4.69) is 26.8 Å². The normalized spacial score (nSPS) is 16.7. The van der Waals surface area contributed by atoms with Gasteiger partial charge in [-0.3, -0.25) is 5.57 Å². The number of allylic oxidation sites excluding steroid dienone is 2. The summed E-state index contributed by atoms with van der Waals surface area (Å²) in [6.45, 7) is 8.37. The zero-order valence-electron chi connectivity index (χ0n) is 16.2. The molecule has 0 unspecified atom stereocenters. The molecular weight excluding hydrogens is 312 g/mol. The first-order valence-corrected chi connectivity index (χ1v) is 10.2. The van der Waals surface area contributed by atoms with Crippen molar-refractivity contribution in [2.75, 3.05) is 0 Å². The third-order valence-corrected chi connectivity index (χ3v) is 4.54. The average Bonchev–Trinajstić information content (AvgIpc) is 3.29. The summed E-state index contributed by atoms with van der Waals surface area (Å²) < 4.78 is 0. The van der Waals surface area contributed by atoms with E-state index in [1.165, 1.54) is 102 Å². The minimum Gasteiger partial charge on any atom is -0.500 e. The first-order valence-electron chi connectivity index (χ1n) is 10.2. The summed E-state index contributed by atoms with van der Waals surface area (Å²) in [5.74, 6) is 0. The van der Waals surface area contributed by atoms with Gasteiger partial charge in [-0.05, 0) is 0 Å². The molecule has 0 aromatic heterocycles. The van der Waals surface area contributed by atoms with E-state index in [0.29, 0.717) is 0 Å². The maximum atomic E-state index is 3.92. The minimum absolute atomic E-state index is 0. The van der Waals surface area contributed by atoms with Crippen molar-refractivity contribution in [3.8, 4) is 0 Å². The van der Waals surface area contributed by atoms with Crippen molar-refractivity contribution in [3.05, 3.63) is 18.6 Å². The first kappa shape index (κ1) is 25.7. The molecule has 0 nitrogen and oxygen atoms in total. The Morgan fingerprint density at radius 3 is 1.43 bits per heavy atom. The van der Waals surface area contributed by atoms with Gasteiger partial charge in [-0.1, -0.05) is 110 Å². The van der Waals surface area contributed by atoms with Crippen LogP contribution < -0.4 is 0 Å². The molecule has 2 aliphatic carbocycles. The third kappa shape index (κ3) is 20.4. The monoisotopic (exact) mass is 354 g/mol. The molecule has 0 aromatic rings. The summed E-state index contributed by atoms with van der Waals surface area (Å²) >= 11 is 0. The molecule has 0 aromatic carbocycles. The molecule has 0 amide bonds. The van der Waals surface area contributed by atoms with Crippen molar-refractivity contribution in [2.24, 2.45) is 0 Å². The van der Waals surface area contributed by atoms with Crippen LogP contribution in [-0.2, 0) is 21.7 Å². The second-order valence-electron chi connectivity index (χ2n) is 6.77. The molecule has 0 spiro atoms. The molecule has 0 bridgehead atoms. The average molecular weight is 354 g/mol. The van der Waals surface area contributed by atoms with Crippen molar-refractivity contribution in [3.63, 3.8) is 0 Å². The second-order valence-corrected chi connectivity index (χ2v) is 6.77. The quantitative estimate of drug-likeness (QED) is 0.245. The van der Waals surface area contributed by atoms with Gasteiger partial charge in [0.2, 0.25) is 0 Å². The van der Waals surface area contributed by atoms with Crippen LogP contribution in [0.3, 0.4) is 0 Å². The Balaban J connectivity index is 0. The second kappa shape index (κ2) is 22.5. The van der Waals surface area contributed by atoms with Crippen LogP contribution in [0.4, 0.5) is 0 Å². The van der Waals surface area contributed by atoms with Gasteiger partial charge in [0.15, 0.2) is 0 Å². The van der Waals surface area contributed by atoms with Gasteiger partial charge in [0.1, 0.15) is 0 Å². The summed E-state index contributed by atoms with van der Waals surface area (Å²) in [5.41, 5.74) is 1.44. The zero-order valence-corrected chi connectivity index (χ0v) is 17.8. The molecule has 23 heavy (non-hydrogen) atoms. The molecule has 2 saturated carbocycles. The maximum absolute atomic E-state index is 3.92. The van der Waals surface area contributed by atoms with E-state index in [4.69, 9.17) is 0 Å². The van der Waals surface area contributed by atoms with Crippen LogP contribution in [0.15, 0.2) is 5.57 Å². The van der Waals surface area contributed by atoms with Crippen LogP contribution >= 0.6 is 0 Å². The number of rotatable bonds is 7. The van der Waals surface area contributed by atoms with Crippen molar-refractivity contribution >= 4 is 0 Å². The number of hydrogen-bond donors (Lipinski definition) is 0. The zero-order chi connectivity index (χ0) is 16.3. The summed E-state index contributed by atoms with van der Waals surface area (Å²) in [6, 6.07) is 0. The molecule has 2 rings (SSSR count). The van der Waals surface area contributed by atoms with E-state index in [9.17, 15) is 0 Å². The molecule has 0 heterocycles. The Labute approximate surface area is 163 Å². The van der Waals surface area contributed by atoms with Crippen LogP contribution in [0, 0.1) is 13.0 Å². The maximum Gasteiger partial charge on any atom is 4.00 e. The van der Waals surface area contributed by atoms with Crippen molar-refractivity contribution in [1.29, 1.82) is 0 Å². The summed E-state index contributed by atoms with van der Waals surface area (Å²) in [4.78, 5) is 0. The van der Waals surface area contributed by atoms with E-state index in [0.717, 1.165) is 12.8 Å². The molecule has 0 aliphatic heterocycles. The van der Waals surface area contributed by atoms with E-state index in [1.54, 1.807) is 0 Å². The molecule has 132 valence electrons. The number of unbranched alkanes of at least 4 members (excludes halogenated alkanes) is 3. The fraction of sp³-hybridized carbons (Fsp3) is 0.864. The number of hydrogen-bond acceptors (Lipinski definition) is 0. The van der Waals surface area contributed by atoms with Crippen LogP contribution in [0.5, 0.6) is 0 Å². The van der Waals surface area contributed by atoms with Crippen molar-refractivity contribution in [2.45, 2.75) is 123 Å². The molecule has 0 radical (unpaired) electrons. The van der Waals surface area contributed by atoms with Gasteiger partial charge >= 0.3 is 21.7 Å².